The molecular formula is C21H22F3N5O4. The number of halogens is 3. The third-order valence-electron chi connectivity index (χ3n) is 4.87. The molecule has 9 nitrogen and oxygen atoms in total. The SMILES string of the molecule is CN1CCC(Oc2ccnc(C(=O)Nc3ccc4[nH]ncc4c3)c2)CC1.O=C(O)C(F)(F)F. The third-order valence-corrected chi connectivity index (χ3v) is 4.87. The van der Waals surface area contributed by atoms with Gasteiger partial charge in [-0.3, -0.25) is 14.9 Å². The van der Waals surface area contributed by atoms with Gasteiger partial charge in [-0.25, -0.2) is 4.79 Å². The number of aromatic amines is 1. The van der Waals surface area contributed by atoms with Gasteiger partial charge in [-0.05, 0) is 44.2 Å². The lowest BCUT2D eigenvalue weighted by atomic mass is 10.1. The van der Waals surface area contributed by atoms with Crippen LogP contribution in [0.5, 0.6) is 5.75 Å². The number of aromatic nitrogens is 3. The molecule has 12 heteroatoms. The highest BCUT2D eigenvalue weighted by atomic mass is 19.4. The van der Waals surface area contributed by atoms with E-state index in [0.717, 1.165) is 36.8 Å². The first-order chi connectivity index (χ1) is 15.6. The zero-order chi connectivity index (χ0) is 24.0. The van der Waals surface area contributed by atoms with Crippen LogP contribution in [0.2, 0.25) is 0 Å². The molecule has 33 heavy (non-hydrogen) atoms. The second kappa shape index (κ2) is 10.3. The Labute approximate surface area is 186 Å². The summed E-state index contributed by atoms with van der Waals surface area (Å²) in [5.41, 5.74) is 1.96. The normalized spacial score (nSPS) is 14.9. The van der Waals surface area contributed by atoms with Gasteiger partial charge in [0, 0.05) is 36.4 Å². The summed E-state index contributed by atoms with van der Waals surface area (Å²) in [4.78, 5) is 27.9. The van der Waals surface area contributed by atoms with E-state index in [-0.39, 0.29) is 12.0 Å². The Hall–Kier alpha value is -3.67. The molecule has 0 radical (unpaired) electrons. The number of carboxylic acid groups (broad SMARTS) is 1. The molecule has 1 amide bonds. The molecule has 3 N–H and O–H groups in total. The maximum atomic E-state index is 12.5. The number of pyridine rings is 1. The molecule has 1 aliphatic heterocycles. The summed E-state index contributed by atoms with van der Waals surface area (Å²) in [6, 6.07) is 9.08. The molecule has 1 aromatic carbocycles. The molecular weight excluding hydrogens is 443 g/mol. The van der Waals surface area contributed by atoms with Crippen LogP contribution >= 0.6 is 0 Å². The van der Waals surface area contributed by atoms with Gasteiger partial charge in [0.2, 0.25) is 0 Å². The number of benzene rings is 1. The van der Waals surface area contributed by atoms with Crippen molar-refractivity contribution in [2.45, 2.75) is 25.1 Å². The number of fused-ring (bicyclic) bond motifs is 1. The first-order valence-corrected chi connectivity index (χ1v) is 9.97. The first-order valence-electron chi connectivity index (χ1n) is 9.97. The van der Waals surface area contributed by atoms with Gasteiger partial charge < -0.3 is 20.1 Å². The largest absolute Gasteiger partial charge is 0.490 e. The van der Waals surface area contributed by atoms with Crippen molar-refractivity contribution in [3.05, 3.63) is 48.4 Å². The van der Waals surface area contributed by atoms with Crippen LogP contribution in [0.15, 0.2) is 42.7 Å². The van der Waals surface area contributed by atoms with Crippen LogP contribution in [0, 0.1) is 0 Å². The number of nitrogens with zero attached hydrogens (tertiary/aromatic N) is 3. The number of alkyl halides is 3. The molecule has 0 aliphatic carbocycles. The monoisotopic (exact) mass is 465 g/mol. The molecule has 0 spiro atoms. The van der Waals surface area contributed by atoms with Crippen LogP contribution in [-0.2, 0) is 4.79 Å². The number of carbonyl (C=O) groups excluding carboxylic acids is 1. The molecule has 0 unspecified atom stereocenters. The van der Waals surface area contributed by atoms with Crippen molar-refractivity contribution in [2.24, 2.45) is 0 Å². The van der Waals surface area contributed by atoms with Crippen LogP contribution in [-0.4, -0.2) is 69.5 Å². The molecule has 3 aromatic rings. The van der Waals surface area contributed by atoms with Crippen LogP contribution in [0.3, 0.4) is 0 Å². The predicted octanol–water partition coefficient (Wildman–Crippen LogP) is 3.32. The number of piperidine rings is 1. The van der Waals surface area contributed by atoms with Gasteiger partial charge in [0.15, 0.2) is 0 Å². The Morgan fingerprint density at radius 3 is 2.58 bits per heavy atom. The topological polar surface area (TPSA) is 120 Å². The van der Waals surface area contributed by atoms with E-state index in [4.69, 9.17) is 14.6 Å². The van der Waals surface area contributed by atoms with Crippen molar-refractivity contribution in [1.82, 2.24) is 20.1 Å². The molecule has 3 heterocycles. The van der Waals surface area contributed by atoms with E-state index in [2.05, 4.69) is 32.4 Å². The average molecular weight is 465 g/mol. The van der Waals surface area contributed by atoms with Gasteiger partial charge in [0.1, 0.15) is 17.5 Å². The fourth-order valence-electron chi connectivity index (χ4n) is 3.12. The van der Waals surface area contributed by atoms with Gasteiger partial charge in [-0.2, -0.15) is 18.3 Å². The number of amides is 1. The molecule has 4 rings (SSSR count). The summed E-state index contributed by atoms with van der Waals surface area (Å²) in [5, 5.41) is 17.8. The number of carboxylic acids is 1. The Bertz CT molecular complexity index is 1110. The minimum atomic E-state index is -5.08. The molecule has 176 valence electrons. The molecule has 0 atom stereocenters. The van der Waals surface area contributed by atoms with E-state index < -0.39 is 12.1 Å². The number of ether oxygens (including phenoxy) is 1. The Kier molecular flexibility index (Phi) is 7.48. The number of hydrogen-bond donors (Lipinski definition) is 3. The van der Waals surface area contributed by atoms with Crippen LogP contribution < -0.4 is 10.1 Å². The number of likely N-dealkylation sites (tertiary alicyclic amines) is 1. The van der Waals surface area contributed by atoms with Crippen LogP contribution in [0.1, 0.15) is 23.3 Å². The fraction of sp³-hybridized carbons (Fsp3) is 0.333. The molecule has 1 fully saturated rings. The quantitative estimate of drug-likeness (QED) is 0.541. The Balaban J connectivity index is 0.000000383. The first kappa shape index (κ1) is 24.0. The number of aliphatic carboxylic acids is 1. The van der Waals surface area contributed by atoms with E-state index >= 15 is 0 Å². The summed E-state index contributed by atoms with van der Waals surface area (Å²) in [5.74, 6) is -2.33. The highest BCUT2D eigenvalue weighted by Gasteiger charge is 2.38. The molecule has 0 saturated carbocycles. The highest BCUT2D eigenvalue weighted by Crippen LogP contribution is 2.21. The number of hydrogen-bond acceptors (Lipinski definition) is 6. The molecule has 1 aliphatic rings. The average Bonchev–Trinajstić information content (AvgIpc) is 3.23. The number of carbonyl (C=O) groups is 2. The van der Waals surface area contributed by atoms with Crippen LogP contribution in [0.4, 0.5) is 18.9 Å². The van der Waals surface area contributed by atoms with E-state index in [0.29, 0.717) is 17.1 Å². The second-order valence-electron chi connectivity index (χ2n) is 7.43. The molecule has 0 bridgehead atoms. The van der Waals surface area contributed by atoms with Crippen molar-refractivity contribution < 1.29 is 32.6 Å². The summed E-state index contributed by atoms with van der Waals surface area (Å²) < 4.78 is 37.8. The maximum Gasteiger partial charge on any atom is 0.490 e. The second-order valence-corrected chi connectivity index (χ2v) is 7.43. The van der Waals surface area contributed by atoms with Gasteiger partial charge in [0.05, 0.1) is 11.7 Å². The van der Waals surface area contributed by atoms with Gasteiger partial charge in [-0.15, -0.1) is 0 Å². The standard InChI is InChI=1S/C19H21N5O2.C2HF3O2/c1-24-8-5-15(6-9-24)26-16-4-7-20-18(11-16)19(25)22-14-2-3-17-13(10-14)12-21-23-17;3-2(4,5)1(6)7/h2-4,7,10-12,15H,5-6,8-9H2,1H3,(H,21,23)(H,22,25);(H,6,7). The lowest BCUT2D eigenvalue weighted by Gasteiger charge is -2.29. The van der Waals surface area contributed by atoms with Crippen molar-refractivity contribution in [1.29, 1.82) is 0 Å². The van der Waals surface area contributed by atoms with Crippen molar-refractivity contribution in [3.63, 3.8) is 0 Å². The zero-order valence-corrected chi connectivity index (χ0v) is 17.6. The lowest BCUT2D eigenvalue weighted by molar-refractivity contribution is -0.192. The van der Waals surface area contributed by atoms with Crippen LogP contribution in [0.25, 0.3) is 10.9 Å². The minimum Gasteiger partial charge on any atom is -0.490 e. The van der Waals surface area contributed by atoms with Crippen molar-refractivity contribution in [3.8, 4) is 5.75 Å². The Morgan fingerprint density at radius 2 is 1.91 bits per heavy atom. The number of rotatable bonds is 4. The summed E-state index contributed by atoms with van der Waals surface area (Å²) >= 11 is 0. The minimum absolute atomic E-state index is 0.188. The zero-order valence-electron chi connectivity index (χ0n) is 17.6. The fourth-order valence-corrected chi connectivity index (χ4v) is 3.12. The summed E-state index contributed by atoms with van der Waals surface area (Å²) in [7, 11) is 2.12. The van der Waals surface area contributed by atoms with Gasteiger partial charge >= 0.3 is 12.1 Å². The third kappa shape index (κ3) is 6.91. The van der Waals surface area contributed by atoms with Crippen molar-refractivity contribution >= 4 is 28.5 Å². The van der Waals surface area contributed by atoms with E-state index in [1.165, 1.54) is 0 Å². The van der Waals surface area contributed by atoms with E-state index in [1.807, 2.05) is 18.2 Å². The number of H-pyrrole nitrogens is 1. The molecule has 2 aromatic heterocycles. The van der Waals surface area contributed by atoms with Gasteiger partial charge in [0.25, 0.3) is 5.91 Å². The smallest absolute Gasteiger partial charge is 0.490 e. The summed E-state index contributed by atoms with van der Waals surface area (Å²) in [6.45, 7) is 2.05. The Morgan fingerprint density at radius 1 is 1.21 bits per heavy atom. The van der Waals surface area contributed by atoms with Crippen molar-refractivity contribution in [2.75, 3.05) is 25.5 Å². The van der Waals surface area contributed by atoms with Gasteiger partial charge in [-0.1, -0.05) is 0 Å². The predicted molar refractivity (Wildman–Crippen MR) is 113 cm³/mol. The molecule has 1 saturated heterocycles. The van der Waals surface area contributed by atoms with E-state index in [1.54, 1.807) is 24.5 Å². The number of anilines is 1. The lowest BCUT2D eigenvalue weighted by Crippen LogP contribution is -2.35. The summed E-state index contributed by atoms with van der Waals surface area (Å²) in [6.07, 6.45) is 0.418. The van der Waals surface area contributed by atoms with E-state index in [9.17, 15) is 18.0 Å². The maximum absolute atomic E-state index is 12.5. The number of nitrogens with one attached hydrogen (secondary N) is 2. The highest BCUT2D eigenvalue weighted by molar-refractivity contribution is 6.03.